The van der Waals surface area contributed by atoms with Crippen LogP contribution in [-0.4, -0.2) is 5.91 Å². The van der Waals surface area contributed by atoms with Gasteiger partial charge in [-0.1, -0.05) is 78.9 Å². The maximum absolute atomic E-state index is 13.1. The molecule has 4 rings (SSSR count). The highest BCUT2D eigenvalue weighted by atomic mass is 16.2. The third-order valence-corrected chi connectivity index (χ3v) is 4.37. The summed E-state index contributed by atoms with van der Waals surface area (Å²) in [6.45, 7) is 0.611. The number of carbonyl (C=O) groups is 1. The molecule has 0 aromatic heterocycles. The molecule has 1 aliphatic heterocycles. The van der Waals surface area contributed by atoms with Crippen molar-refractivity contribution in [2.75, 3.05) is 4.90 Å². The van der Waals surface area contributed by atoms with Gasteiger partial charge in [-0.05, 0) is 22.8 Å². The lowest BCUT2D eigenvalue weighted by molar-refractivity contribution is -0.118. The summed E-state index contributed by atoms with van der Waals surface area (Å²) in [7, 11) is 0. The minimum atomic E-state index is -0.198. The molecule has 0 aliphatic carbocycles. The number of hydrogen-bond acceptors (Lipinski definition) is 1. The quantitative estimate of drug-likeness (QED) is 0.703. The second-order valence-corrected chi connectivity index (χ2v) is 5.81. The van der Waals surface area contributed by atoms with Crippen LogP contribution in [0.4, 0.5) is 5.69 Å². The van der Waals surface area contributed by atoms with Crippen LogP contribution < -0.4 is 4.90 Å². The van der Waals surface area contributed by atoms with Gasteiger partial charge >= 0.3 is 0 Å². The third-order valence-electron chi connectivity index (χ3n) is 4.37. The highest BCUT2D eigenvalue weighted by Gasteiger charge is 2.37. The normalized spacial score (nSPS) is 16.4. The highest BCUT2D eigenvalue weighted by molar-refractivity contribution is 6.06. The molecule has 3 aromatic carbocycles. The van der Waals surface area contributed by atoms with Crippen molar-refractivity contribution in [1.82, 2.24) is 0 Å². The van der Waals surface area contributed by atoms with Crippen LogP contribution in [0.25, 0.3) is 0 Å². The smallest absolute Gasteiger partial charge is 0.239 e. The zero-order valence-corrected chi connectivity index (χ0v) is 12.7. The fourth-order valence-electron chi connectivity index (χ4n) is 3.28. The number of amides is 1. The van der Waals surface area contributed by atoms with E-state index < -0.39 is 0 Å². The molecule has 0 saturated carbocycles. The summed E-state index contributed by atoms with van der Waals surface area (Å²) in [6.07, 6.45) is 0. The Morgan fingerprint density at radius 1 is 0.739 bits per heavy atom. The van der Waals surface area contributed by atoms with Crippen molar-refractivity contribution >= 4 is 11.6 Å². The molecule has 1 atom stereocenters. The van der Waals surface area contributed by atoms with E-state index in [0.29, 0.717) is 6.54 Å². The maximum Gasteiger partial charge on any atom is 0.239 e. The van der Waals surface area contributed by atoms with E-state index in [9.17, 15) is 4.79 Å². The number of rotatable bonds is 3. The van der Waals surface area contributed by atoms with Gasteiger partial charge in [0, 0.05) is 5.69 Å². The van der Waals surface area contributed by atoms with Crippen molar-refractivity contribution in [3.8, 4) is 0 Å². The second kappa shape index (κ2) is 5.73. The van der Waals surface area contributed by atoms with Crippen LogP contribution in [0.3, 0.4) is 0 Å². The van der Waals surface area contributed by atoms with Crippen molar-refractivity contribution in [2.45, 2.75) is 12.5 Å². The highest BCUT2D eigenvalue weighted by Crippen LogP contribution is 2.41. The van der Waals surface area contributed by atoms with Crippen LogP contribution >= 0.6 is 0 Å². The van der Waals surface area contributed by atoms with Crippen LogP contribution in [0.2, 0.25) is 0 Å². The number of hydrogen-bond donors (Lipinski definition) is 0. The first kappa shape index (κ1) is 13.8. The molecule has 0 spiro atoms. The zero-order chi connectivity index (χ0) is 15.6. The molecule has 112 valence electrons. The van der Waals surface area contributed by atoms with Gasteiger partial charge < -0.3 is 4.90 Å². The lowest BCUT2D eigenvalue weighted by Crippen LogP contribution is -2.28. The monoisotopic (exact) mass is 299 g/mol. The third kappa shape index (κ3) is 2.42. The van der Waals surface area contributed by atoms with E-state index in [1.54, 1.807) is 0 Å². The number of anilines is 1. The average molecular weight is 299 g/mol. The molecule has 0 unspecified atom stereocenters. The van der Waals surface area contributed by atoms with Gasteiger partial charge in [-0.25, -0.2) is 0 Å². The number of carbonyl (C=O) groups excluding carboxylic acids is 1. The van der Waals surface area contributed by atoms with Crippen LogP contribution in [-0.2, 0) is 11.3 Å². The standard InChI is InChI=1S/C21H17NO/c23-21-20(17-11-5-2-6-12-17)18-13-7-8-14-19(18)22(21)15-16-9-3-1-4-10-16/h1-14,20H,15H2/t20-/m0/s1. The Kier molecular flexibility index (Phi) is 3.43. The largest absolute Gasteiger partial charge is 0.307 e. The Labute approximate surface area is 136 Å². The molecule has 1 heterocycles. The SMILES string of the molecule is O=C1[C@@H](c2ccccc2)c2ccccc2N1Cc1ccccc1. The van der Waals surface area contributed by atoms with Crippen LogP contribution in [0.5, 0.6) is 0 Å². The van der Waals surface area contributed by atoms with Gasteiger partial charge in [0.05, 0.1) is 12.5 Å². The minimum Gasteiger partial charge on any atom is -0.307 e. The molecule has 0 bridgehead atoms. The number of para-hydroxylation sites is 1. The molecular formula is C21H17NO. The predicted octanol–water partition coefficient (Wildman–Crippen LogP) is 4.37. The summed E-state index contributed by atoms with van der Waals surface area (Å²) in [5.74, 6) is -0.0441. The molecule has 0 N–H and O–H groups in total. The maximum atomic E-state index is 13.1. The Hall–Kier alpha value is -2.87. The average Bonchev–Trinajstić information content (AvgIpc) is 2.89. The van der Waals surface area contributed by atoms with Gasteiger partial charge in [-0.15, -0.1) is 0 Å². The second-order valence-electron chi connectivity index (χ2n) is 5.81. The van der Waals surface area contributed by atoms with E-state index in [-0.39, 0.29) is 11.8 Å². The Bertz CT molecular complexity index is 827. The van der Waals surface area contributed by atoms with Gasteiger partial charge in [0.25, 0.3) is 0 Å². The van der Waals surface area contributed by atoms with Crippen LogP contribution in [0.1, 0.15) is 22.6 Å². The van der Waals surface area contributed by atoms with Crippen molar-refractivity contribution in [2.24, 2.45) is 0 Å². The molecule has 2 heteroatoms. The van der Waals surface area contributed by atoms with Gasteiger partial charge in [0.15, 0.2) is 0 Å². The molecule has 23 heavy (non-hydrogen) atoms. The molecule has 0 saturated heterocycles. The van der Waals surface area contributed by atoms with E-state index >= 15 is 0 Å². The molecule has 2 nitrogen and oxygen atoms in total. The van der Waals surface area contributed by atoms with E-state index in [0.717, 1.165) is 22.4 Å². The fraction of sp³-hybridized carbons (Fsp3) is 0.0952. The van der Waals surface area contributed by atoms with E-state index in [4.69, 9.17) is 0 Å². The van der Waals surface area contributed by atoms with Crippen molar-refractivity contribution in [3.05, 3.63) is 102 Å². The molecular weight excluding hydrogens is 282 g/mol. The zero-order valence-electron chi connectivity index (χ0n) is 12.7. The first-order chi connectivity index (χ1) is 11.3. The number of benzene rings is 3. The summed E-state index contributed by atoms with van der Waals surface area (Å²) in [5, 5.41) is 0. The molecule has 1 amide bonds. The van der Waals surface area contributed by atoms with Gasteiger partial charge in [0.1, 0.15) is 0 Å². The van der Waals surface area contributed by atoms with E-state index in [1.807, 2.05) is 71.6 Å². The number of nitrogens with zero attached hydrogens (tertiary/aromatic N) is 1. The summed E-state index contributed by atoms with van der Waals surface area (Å²) >= 11 is 0. The summed E-state index contributed by atoms with van der Waals surface area (Å²) in [6, 6.07) is 28.3. The van der Waals surface area contributed by atoms with Gasteiger partial charge in [-0.3, -0.25) is 4.79 Å². The molecule has 0 radical (unpaired) electrons. The van der Waals surface area contributed by atoms with E-state index in [2.05, 4.69) is 18.2 Å². The number of fused-ring (bicyclic) bond motifs is 1. The Morgan fingerprint density at radius 3 is 2.09 bits per heavy atom. The van der Waals surface area contributed by atoms with Gasteiger partial charge in [0.2, 0.25) is 5.91 Å². The lowest BCUT2D eigenvalue weighted by Gasteiger charge is -2.18. The molecule has 0 fully saturated rings. The molecule has 1 aliphatic rings. The minimum absolute atomic E-state index is 0.154. The van der Waals surface area contributed by atoms with Crippen molar-refractivity contribution in [3.63, 3.8) is 0 Å². The van der Waals surface area contributed by atoms with Crippen LogP contribution in [0.15, 0.2) is 84.9 Å². The fourth-order valence-corrected chi connectivity index (χ4v) is 3.28. The summed E-state index contributed by atoms with van der Waals surface area (Å²) in [4.78, 5) is 15.0. The lowest BCUT2D eigenvalue weighted by atomic mass is 9.93. The summed E-state index contributed by atoms with van der Waals surface area (Å²) in [5.41, 5.74) is 4.32. The van der Waals surface area contributed by atoms with E-state index in [1.165, 1.54) is 0 Å². The summed E-state index contributed by atoms with van der Waals surface area (Å²) < 4.78 is 0. The van der Waals surface area contributed by atoms with Crippen molar-refractivity contribution < 1.29 is 4.79 Å². The van der Waals surface area contributed by atoms with Crippen LogP contribution in [0, 0.1) is 0 Å². The predicted molar refractivity (Wildman–Crippen MR) is 92.4 cm³/mol. The van der Waals surface area contributed by atoms with Gasteiger partial charge in [-0.2, -0.15) is 0 Å². The topological polar surface area (TPSA) is 20.3 Å². The first-order valence-electron chi connectivity index (χ1n) is 7.84. The Morgan fingerprint density at radius 2 is 1.35 bits per heavy atom. The Balaban J connectivity index is 1.76. The van der Waals surface area contributed by atoms with Crippen molar-refractivity contribution in [1.29, 1.82) is 0 Å². The molecule has 3 aromatic rings. The first-order valence-corrected chi connectivity index (χ1v) is 7.84.